The van der Waals surface area contributed by atoms with Crippen molar-refractivity contribution in [2.45, 2.75) is 19.8 Å². The minimum atomic E-state index is 0.189. The molecule has 0 radical (unpaired) electrons. The Morgan fingerprint density at radius 2 is 1.28 bits per heavy atom. The number of anilines is 2. The lowest BCUT2D eigenvalue weighted by Crippen LogP contribution is -2.03. The van der Waals surface area contributed by atoms with E-state index in [2.05, 4.69) is 80.6 Å². The van der Waals surface area contributed by atoms with Crippen molar-refractivity contribution in [1.82, 2.24) is 0 Å². The van der Waals surface area contributed by atoms with Crippen LogP contribution in [0.1, 0.15) is 33.7 Å². The molecule has 2 heteroatoms. The van der Waals surface area contributed by atoms with Crippen molar-refractivity contribution < 1.29 is 0 Å². The second kappa shape index (κ2) is 6.52. The highest BCUT2D eigenvalue weighted by Gasteiger charge is 2.32. The summed E-state index contributed by atoms with van der Waals surface area (Å²) in [5.41, 5.74) is 25.2. The first-order valence-corrected chi connectivity index (χ1v) is 9.99. The van der Waals surface area contributed by atoms with Gasteiger partial charge < -0.3 is 11.5 Å². The lowest BCUT2D eigenvalue weighted by Gasteiger charge is -2.19. The number of rotatable bonds is 2. The molecular weight excluding hydrogens is 352 g/mol. The van der Waals surface area contributed by atoms with Crippen LogP contribution in [0.2, 0.25) is 0 Å². The smallest absolute Gasteiger partial charge is 0.0358 e. The summed E-state index contributed by atoms with van der Waals surface area (Å²) in [6, 6.07) is 28.1. The van der Waals surface area contributed by atoms with Gasteiger partial charge in [0.2, 0.25) is 0 Å². The van der Waals surface area contributed by atoms with Gasteiger partial charge in [-0.2, -0.15) is 0 Å². The molecule has 0 fully saturated rings. The van der Waals surface area contributed by atoms with Crippen LogP contribution in [0.15, 0.2) is 78.9 Å². The molecule has 5 rings (SSSR count). The third kappa shape index (κ3) is 2.72. The van der Waals surface area contributed by atoms with Gasteiger partial charge in [-0.3, -0.25) is 0 Å². The molecule has 1 atom stereocenters. The van der Waals surface area contributed by atoms with Gasteiger partial charge in [-0.1, -0.05) is 60.7 Å². The third-order valence-electron chi connectivity index (χ3n) is 6.16. The largest absolute Gasteiger partial charge is 0.399 e. The number of hydrogen-bond donors (Lipinski definition) is 2. The first kappa shape index (κ1) is 17.6. The molecule has 142 valence electrons. The van der Waals surface area contributed by atoms with Crippen molar-refractivity contribution in [1.29, 1.82) is 0 Å². The number of hydrogen-bond acceptors (Lipinski definition) is 2. The van der Waals surface area contributed by atoms with Crippen LogP contribution in [0.25, 0.3) is 22.3 Å². The summed E-state index contributed by atoms with van der Waals surface area (Å²) >= 11 is 0. The van der Waals surface area contributed by atoms with Gasteiger partial charge in [0.1, 0.15) is 0 Å². The molecule has 0 aliphatic heterocycles. The Balaban J connectivity index is 1.80. The average Bonchev–Trinajstić information content (AvgIpc) is 3.07. The van der Waals surface area contributed by atoms with E-state index in [1.54, 1.807) is 0 Å². The summed E-state index contributed by atoms with van der Waals surface area (Å²) in [6.45, 7) is 4.15. The molecule has 4 aromatic carbocycles. The number of fused-ring (bicyclic) bond motifs is 3. The Bertz CT molecular complexity index is 1250. The molecule has 4 aromatic rings. The third-order valence-corrected chi connectivity index (χ3v) is 6.16. The standard InChI is InChI=1S/C27H24N2/c1-16-14-18(10-12-24(16)28)20-8-5-9-23-21-6-3-4-7-22(21)26(27(20)23)19-11-13-25(29)17(2)15-19/h3-15,26H,28-29H2,1-2H3. The van der Waals surface area contributed by atoms with E-state index in [1.807, 2.05) is 12.1 Å². The van der Waals surface area contributed by atoms with Crippen LogP contribution in [0.4, 0.5) is 11.4 Å². The molecule has 0 heterocycles. The van der Waals surface area contributed by atoms with E-state index in [0.717, 1.165) is 22.5 Å². The second-order valence-corrected chi connectivity index (χ2v) is 7.97. The van der Waals surface area contributed by atoms with Crippen LogP contribution in [0.3, 0.4) is 0 Å². The molecule has 0 amide bonds. The lowest BCUT2D eigenvalue weighted by molar-refractivity contribution is 1.01. The maximum Gasteiger partial charge on any atom is 0.0358 e. The molecule has 29 heavy (non-hydrogen) atoms. The van der Waals surface area contributed by atoms with Crippen molar-refractivity contribution in [2.24, 2.45) is 0 Å². The SMILES string of the molecule is Cc1cc(-c2cccc3c2C(c2ccc(N)c(C)c2)c2ccccc2-3)ccc1N. The van der Waals surface area contributed by atoms with Crippen molar-refractivity contribution >= 4 is 11.4 Å². The summed E-state index contributed by atoms with van der Waals surface area (Å²) in [7, 11) is 0. The van der Waals surface area contributed by atoms with Gasteiger partial charge >= 0.3 is 0 Å². The zero-order valence-corrected chi connectivity index (χ0v) is 16.7. The van der Waals surface area contributed by atoms with Crippen molar-refractivity contribution in [2.75, 3.05) is 11.5 Å². The Morgan fingerprint density at radius 3 is 2.03 bits per heavy atom. The summed E-state index contributed by atoms with van der Waals surface area (Å²) < 4.78 is 0. The van der Waals surface area contributed by atoms with E-state index >= 15 is 0 Å². The fourth-order valence-corrected chi connectivity index (χ4v) is 4.58. The van der Waals surface area contributed by atoms with Crippen molar-refractivity contribution in [3.8, 4) is 22.3 Å². The van der Waals surface area contributed by atoms with Gasteiger partial charge in [-0.15, -0.1) is 0 Å². The van der Waals surface area contributed by atoms with Crippen LogP contribution in [-0.2, 0) is 0 Å². The Kier molecular flexibility index (Phi) is 3.95. The molecule has 0 aromatic heterocycles. The summed E-state index contributed by atoms with van der Waals surface area (Å²) in [4.78, 5) is 0. The highest BCUT2D eigenvalue weighted by Crippen LogP contribution is 2.51. The molecule has 0 saturated heterocycles. The predicted molar refractivity (Wildman–Crippen MR) is 123 cm³/mol. The molecule has 0 bridgehead atoms. The van der Waals surface area contributed by atoms with Crippen LogP contribution in [0.5, 0.6) is 0 Å². The van der Waals surface area contributed by atoms with Crippen molar-refractivity contribution in [3.63, 3.8) is 0 Å². The Labute approximate surface area is 171 Å². The number of nitrogens with two attached hydrogens (primary N) is 2. The minimum absolute atomic E-state index is 0.189. The van der Waals surface area contributed by atoms with Gasteiger partial charge in [0.15, 0.2) is 0 Å². The summed E-state index contributed by atoms with van der Waals surface area (Å²) in [6.07, 6.45) is 0. The van der Waals surface area contributed by atoms with E-state index < -0.39 is 0 Å². The van der Waals surface area contributed by atoms with Gasteiger partial charge in [0, 0.05) is 17.3 Å². The monoisotopic (exact) mass is 376 g/mol. The summed E-state index contributed by atoms with van der Waals surface area (Å²) in [5, 5.41) is 0. The maximum absolute atomic E-state index is 6.12. The highest BCUT2D eigenvalue weighted by molar-refractivity contribution is 5.88. The van der Waals surface area contributed by atoms with Gasteiger partial charge in [0.25, 0.3) is 0 Å². The van der Waals surface area contributed by atoms with Gasteiger partial charge in [-0.05, 0) is 82.1 Å². The molecule has 1 aliphatic rings. The normalized spacial score (nSPS) is 14.5. The highest BCUT2D eigenvalue weighted by atomic mass is 14.6. The predicted octanol–water partition coefficient (Wildman–Crippen LogP) is 6.30. The second-order valence-electron chi connectivity index (χ2n) is 7.97. The number of nitrogen functional groups attached to an aromatic ring is 2. The van der Waals surface area contributed by atoms with Crippen LogP contribution in [0, 0.1) is 13.8 Å². The van der Waals surface area contributed by atoms with E-state index in [4.69, 9.17) is 11.5 Å². The number of benzene rings is 4. The Morgan fingerprint density at radius 1 is 0.621 bits per heavy atom. The van der Waals surface area contributed by atoms with Crippen LogP contribution < -0.4 is 11.5 Å². The number of aryl methyl sites for hydroxylation is 2. The Hall–Kier alpha value is -3.52. The van der Waals surface area contributed by atoms with Gasteiger partial charge in [0.05, 0.1) is 0 Å². The first-order valence-electron chi connectivity index (χ1n) is 9.99. The zero-order valence-electron chi connectivity index (χ0n) is 16.7. The van der Waals surface area contributed by atoms with E-state index in [-0.39, 0.29) is 5.92 Å². The topological polar surface area (TPSA) is 52.0 Å². The van der Waals surface area contributed by atoms with E-state index in [1.165, 1.54) is 38.9 Å². The average molecular weight is 377 g/mol. The summed E-state index contributed by atoms with van der Waals surface area (Å²) in [5.74, 6) is 0.189. The molecular formula is C27H24N2. The molecule has 2 nitrogen and oxygen atoms in total. The molecule has 0 spiro atoms. The van der Waals surface area contributed by atoms with Crippen molar-refractivity contribution in [3.05, 3.63) is 107 Å². The molecule has 1 unspecified atom stereocenters. The fourth-order valence-electron chi connectivity index (χ4n) is 4.58. The fraction of sp³-hybridized carbons (Fsp3) is 0.111. The van der Waals surface area contributed by atoms with Crippen LogP contribution >= 0.6 is 0 Å². The zero-order chi connectivity index (χ0) is 20.1. The maximum atomic E-state index is 6.12. The van der Waals surface area contributed by atoms with E-state index in [0.29, 0.717) is 0 Å². The molecule has 4 N–H and O–H groups in total. The first-order chi connectivity index (χ1) is 14.0. The molecule has 1 aliphatic carbocycles. The van der Waals surface area contributed by atoms with Crippen LogP contribution in [-0.4, -0.2) is 0 Å². The molecule has 0 saturated carbocycles. The lowest BCUT2D eigenvalue weighted by atomic mass is 9.84. The minimum Gasteiger partial charge on any atom is -0.399 e. The van der Waals surface area contributed by atoms with Gasteiger partial charge in [-0.25, -0.2) is 0 Å². The van der Waals surface area contributed by atoms with E-state index in [9.17, 15) is 0 Å². The quantitative estimate of drug-likeness (QED) is 0.355.